The summed E-state index contributed by atoms with van der Waals surface area (Å²) in [7, 11) is 0. The molecular weight excluding hydrogens is 255 g/mol. The first-order valence-electron chi connectivity index (χ1n) is 5.96. The number of nitriles is 1. The van der Waals surface area contributed by atoms with E-state index in [9.17, 15) is 9.18 Å². The number of hydrogen-bond acceptors (Lipinski definition) is 2. The van der Waals surface area contributed by atoms with E-state index in [1.165, 1.54) is 17.0 Å². The molecule has 1 amide bonds. The molecule has 0 spiro atoms. The van der Waals surface area contributed by atoms with Gasteiger partial charge in [0.05, 0.1) is 23.0 Å². The molecule has 96 valence electrons. The summed E-state index contributed by atoms with van der Waals surface area (Å²) in [6, 6.07) is 12.9. The molecule has 0 aliphatic carbocycles. The second-order valence-electron chi connectivity index (χ2n) is 4.41. The van der Waals surface area contributed by atoms with E-state index in [0.29, 0.717) is 16.8 Å². The second-order valence-corrected chi connectivity index (χ2v) is 4.41. The molecule has 1 heterocycles. The van der Waals surface area contributed by atoms with Gasteiger partial charge < -0.3 is 0 Å². The standard InChI is InChI=1S/C16H9FN2O/c1-10-12-4-2-3-5-13(12)16(20)19(10)15-7-6-11(9-18)8-14(15)17/h2-8H,1H2. The monoisotopic (exact) mass is 264 g/mol. The van der Waals surface area contributed by atoms with E-state index < -0.39 is 5.82 Å². The Labute approximate surface area is 115 Å². The highest BCUT2D eigenvalue weighted by molar-refractivity contribution is 6.22. The molecule has 0 N–H and O–H groups in total. The summed E-state index contributed by atoms with van der Waals surface area (Å²) in [4.78, 5) is 13.6. The fourth-order valence-corrected chi connectivity index (χ4v) is 2.30. The van der Waals surface area contributed by atoms with Gasteiger partial charge in [-0.3, -0.25) is 9.69 Å². The van der Waals surface area contributed by atoms with Crippen LogP contribution in [0.2, 0.25) is 0 Å². The summed E-state index contributed by atoms with van der Waals surface area (Å²) in [6.07, 6.45) is 0. The van der Waals surface area contributed by atoms with Crippen LogP contribution < -0.4 is 4.90 Å². The smallest absolute Gasteiger partial charge is 0.263 e. The lowest BCUT2D eigenvalue weighted by atomic mass is 10.1. The van der Waals surface area contributed by atoms with Crippen molar-refractivity contribution in [3.8, 4) is 6.07 Å². The first-order chi connectivity index (χ1) is 9.63. The number of rotatable bonds is 1. The number of fused-ring (bicyclic) bond motifs is 1. The predicted molar refractivity (Wildman–Crippen MR) is 73.4 cm³/mol. The fraction of sp³-hybridized carbons (Fsp3) is 0. The van der Waals surface area contributed by atoms with Crippen molar-refractivity contribution < 1.29 is 9.18 Å². The molecule has 20 heavy (non-hydrogen) atoms. The molecule has 0 aromatic heterocycles. The van der Waals surface area contributed by atoms with Gasteiger partial charge in [-0.15, -0.1) is 0 Å². The summed E-state index contributed by atoms with van der Waals surface area (Å²) in [6.45, 7) is 3.86. The number of hydrogen-bond donors (Lipinski definition) is 0. The summed E-state index contributed by atoms with van der Waals surface area (Å²) in [5.41, 5.74) is 1.95. The van der Waals surface area contributed by atoms with Crippen molar-refractivity contribution in [1.82, 2.24) is 0 Å². The van der Waals surface area contributed by atoms with Gasteiger partial charge in [0, 0.05) is 11.1 Å². The highest BCUT2D eigenvalue weighted by Crippen LogP contribution is 2.36. The quantitative estimate of drug-likeness (QED) is 0.793. The summed E-state index contributed by atoms with van der Waals surface area (Å²) < 4.78 is 14.1. The normalized spacial score (nSPS) is 13.3. The molecule has 2 aromatic rings. The fourth-order valence-electron chi connectivity index (χ4n) is 2.30. The minimum Gasteiger partial charge on any atom is -0.274 e. The van der Waals surface area contributed by atoms with Crippen molar-refractivity contribution in [1.29, 1.82) is 5.26 Å². The third-order valence-electron chi connectivity index (χ3n) is 3.26. The maximum Gasteiger partial charge on any atom is 0.263 e. The molecule has 0 saturated heterocycles. The van der Waals surface area contributed by atoms with E-state index in [1.54, 1.807) is 24.3 Å². The Bertz CT molecular complexity index is 754. The zero-order valence-corrected chi connectivity index (χ0v) is 10.4. The Kier molecular flexibility index (Phi) is 2.62. The molecule has 4 heteroatoms. The number of halogens is 1. The molecule has 1 aliphatic rings. The largest absolute Gasteiger partial charge is 0.274 e. The number of carbonyl (C=O) groups is 1. The summed E-state index contributed by atoms with van der Waals surface area (Å²) in [5.74, 6) is -0.930. The molecule has 0 fully saturated rings. The van der Waals surface area contributed by atoms with E-state index >= 15 is 0 Å². The topological polar surface area (TPSA) is 44.1 Å². The average Bonchev–Trinajstić information content (AvgIpc) is 2.72. The Hall–Kier alpha value is -2.93. The van der Waals surface area contributed by atoms with Crippen LogP contribution in [0, 0.1) is 17.1 Å². The van der Waals surface area contributed by atoms with Crippen molar-refractivity contribution in [3.05, 3.63) is 71.6 Å². The van der Waals surface area contributed by atoms with Gasteiger partial charge in [-0.05, 0) is 24.3 Å². The molecule has 0 bridgehead atoms. The summed E-state index contributed by atoms with van der Waals surface area (Å²) in [5, 5.41) is 8.75. The molecular formula is C16H9FN2O. The molecule has 0 unspecified atom stereocenters. The SMILES string of the molecule is C=C1c2ccccc2C(=O)N1c1ccc(C#N)cc1F. The van der Waals surface area contributed by atoms with Gasteiger partial charge in [-0.25, -0.2) is 4.39 Å². The summed E-state index contributed by atoms with van der Waals surface area (Å²) >= 11 is 0. The third-order valence-corrected chi connectivity index (χ3v) is 3.26. The zero-order chi connectivity index (χ0) is 14.3. The number of anilines is 1. The average molecular weight is 264 g/mol. The Morgan fingerprint density at radius 3 is 2.45 bits per heavy atom. The van der Waals surface area contributed by atoms with E-state index in [2.05, 4.69) is 6.58 Å². The van der Waals surface area contributed by atoms with E-state index in [-0.39, 0.29) is 17.2 Å². The third kappa shape index (κ3) is 1.61. The van der Waals surface area contributed by atoms with Crippen LogP contribution in [-0.2, 0) is 0 Å². The van der Waals surface area contributed by atoms with Crippen LogP contribution >= 0.6 is 0 Å². The van der Waals surface area contributed by atoms with E-state index in [1.807, 2.05) is 6.07 Å². The van der Waals surface area contributed by atoms with Gasteiger partial charge in [-0.2, -0.15) is 5.26 Å². The number of benzene rings is 2. The van der Waals surface area contributed by atoms with Crippen molar-refractivity contribution >= 4 is 17.3 Å². The van der Waals surface area contributed by atoms with Crippen LogP contribution in [0.15, 0.2) is 49.0 Å². The van der Waals surface area contributed by atoms with Gasteiger partial charge in [-0.1, -0.05) is 24.8 Å². The number of amides is 1. The van der Waals surface area contributed by atoms with Crippen LogP contribution in [0.4, 0.5) is 10.1 Å². The van der Waals surface area contributed by atoms with Crippen molar-refractivity contribution in [2.24, 2.45) is 0 Å². The van der Waals surface area contributed by atoms with Gasteiger partial charge in [0.25, 0.3) is 5.91 Å². The van der Waals surface area contributed by atoms with E-state index in [4.69, 9.17) is 5.26 Å². The van der Waals surface area contributed by atoms with Gasteiger partial charge >= 0.3 is 0 Å². The molecule has 3 nitrogen and oxygen atoms in total. The lowest BCUT2D eigenvalue weighted by Crippen LogP contribution is -2.23. The van der Waals surface area contributed by atoms with Crippen LogP contribution in [0.25, 0.3) is 5.70 Å². The predicted octanol–water partition coefficient (Wildman–Crippen LogP) is 3.33. The minimum absolute atomic E-state index is 0.107. The van der Waals surface area contributed by atoms with Gasteiger partial charge in [0.1, 0.15) is 5.82 Å². The van der Waals surface area contributed by atoms with Crippen LogP contribution in [-0.4, -0.2) is 5.91 Å². The minimum atomic E-state index is -0.619. The zero-order valence-electron chi connectivity index (χ0n) is 10.4. The lowest BCUT2D eigenvalue weighted by molar-refractivity contribution is 0.101. The van der Waals surface area contributed by atoms with Crippen LogP contribution in [0.3, 0.4) is 0 Å². The van der Waals surface area contributed by atoms with Crippen molar-refractivity contribution in [2.45, 2.75) is 0 Å². The highest BCUT2D eigenvalue weighted by Gasteiger charge is 2.33. The molecule has 1 aliphatic heterocycles. The van der Waals surface area contributed by atoms with Crippen molar-refractivity contribution in [2.75, 3.05) is 4.90 Å². The first-order valence-corrected chi connectivity index (χ1v) is 5.96. The maximum absolute atomic E-state index is 14.1. The van der Waals surface area contributed by atoms with E-state index in [0.717, 1.165) is 6.07 Å². The Balaban J connectivity index is 2.12. The van der Waals surface area contributed by atoms with Gasteiger partial charge in [0.15, 0.2) is 0 Å². The van der Waals surface area contributed by atoms with Crippen molar-refractivity contribution in [3.63, 3.8) is 0 Å². The lowest BCUT2D eigenvalue weighted by Gasteiger charge is -2.18. The highest BCUT2D eigenvalue weighted by atomic mass is 19.1. The molecule has 0 radical (unpaired) electrons. The van der Waals surface area contributed by atoms with Crippen LogP contribution in [0.1, 0.15) is 21.5 Å². The van der Waals surface area contributed by atoms with Crippen LogP contribution in [0.5, 0.6) is 0 Å². The Morgan fingerprint density at radius 2 is 1.85 bits per heavy atom. The maximum atomic E-state index is 14.1. The molecule has 0 saturated carbocycles. The number of carbonyl (C=O) groups excluding carboxylic acids is 1. The first kappa shape index (κ1) is 12.1. The van der Waals surface area contributed by atoms with Gasteiger partial charge in [0.2, 0.25) is 0 Å². The number of nitrogens with zero attached hydrogens (tertiary/aromatic N) is 2. The Morgan fingerprint density at radius 1 is 1.15 bits per heavy atom. The second kappa shape index (κ2) is 4.32. The molecule has 0 atom stereocenters. The molecule has 2 aromatic carbocycles. The molecule has 3 rings (SSSR count).